The van der Waals surface area contributed by atoms with Crippen molar-refractivity contribution in [3.05, 3.63) is 41.2 Å². The summed E-state index contributed by atoms with van der Waals surface area (Å²) in [6, 6.07) is 2.18. The van der Waals surface area contributed by atoms with Gasteiger partial charge in [-0.15, -0.1) is 0 Å². The molecule has 3 aliphatic heterocycles. The van der Waals surface area contributed by atoms with Gasteiger partial charge in [0.2, 0.25) is 11.8 Å². The molecule has 10 nitrogen and oxygen atoms in total. The first-order valence-corrected chi connectivity index (χ1v) is 15.6. The van der Waals surface area contributed by atoms with Gasteiger partial charge in [-0.25, -0.2) is 0 Å². The van der Waals surface area contributed by atoms with Crippen LogP contribution in [0.4, 0.5) is 5.82 Å². The summed E-state index contributed by atoms with van der Waals surface area (Å²) in [5.74, 6) is 1.05. The molecule has 0 saturated carbocycles. The van der Waals surface area contributed by atoms with Crippen LogP contribution in [0.15, 0.2) is 24.9 Å². The van der Waals surface area contributed by atoms with Gasteiger partial charge in [-0.2, -0.15) is 10.2 Å². The summed E-state index contributed by atoms with van der Waals surface area (Å²) in [4.78, 5) is 31.8. The first-order valence-electron chi connectivity index (χ1n) is 15.3. The fraction of sp³-hybridized carbons (Fsp3) is 0.562. The van der Waals surface area contributed by atoms with Crippen molar-refractivity contribution in [2.24, 2.45) is 5.92 Å². The Morgan fingerprint density at radius 2 is 1.84 bits per heavy atom. The topological polar surface area (TPSA) is 99.6 Å². The standard InChI is InChI=1S/C32H42ClN7O3/c1-7-26(41)37-11-9-22(10-12-37)40-20(3)27(28-24-16-34-35-25(24)14-19(2)29(28)33)30(36-40)39-13-8-21(15-32(39,4)5)31(42)38-17-23(18-38)43-6/h7,14,16,21-23H,1,8-13,15,17-18H2,2-6H3,(H,34,35). The van der Waals surface area contributed by atoms with Crippen molar-refractivity contribution in [3.63, 3.8) is 0 Å². The van der Waals surface area contributed by atoms with Crippen molar-refractivity contribution < 1.29 is 14.3 Å². The quantitative estimate of drug-likeness (QED) is 0.400. The molecular formula is C32H42ClN7O3. The number of likely N-dealkylation sites (tertiary alicyclic amines) is 2. The normalized spacial score (nSPS) is 21.3. The molecule has 1 unspecified atom stereocenters. The Kier molecular flexibility index (Phi) is 7.79. The number of fused-ring (bicyclic) bond motifs is 1. The molecule has 3 aromatic rings. The van der Waals surface area contributed by atoms with E-state index in [1.165, 1.54) is 6.08 Å². The molecule has 2 amide bonds. The van der Waals surface area contributed by atoms with Crippen LogP contribution in [-0.2, 0) is 14.3 Å². The third-order valence-corrected chi connectivity index (χ3v) is 10.3. The maximum atomic E-state index is 13.4. The monoisotopic (exact) mass is 607 g/mol. The molecule has 5 heterocycles. The van der Waals surface area contributed by atoms with Gasteiger partial charge >= 0.3 is 0 Å². The molecule has 1 aromatic carbocycles. The van der Waals surface area contributed by atoms with Gasteiger partial charge in [-0.05, 0) is 71.1 Å². The zero-order valence-electron chi connectivity index (χ0n) is 25.8. The number of hydrogen-bond acceptors (Lipinski definition) is 6. The zero-order valence-corrected chi connectivity index (χ0v) is 26.6. The molecule has 230 valence electrons. The number of ether oxygens (including phenoxy) is 1. The van der Waals surface area contributed by atoms with Crippen molar-refractivity contribution in [1.29, 1.82) is 0 Å². The molecule has 2 aromatic heterocycles. The third-order valence-electron chi connectivity index (χ3n) is 9.82. The number of halogens is 1. The van der Waals surface area contributed by atoms with E-state index in [4.69, 9.17) is 21.4 Å². The summed E-state index contributed by atoms with van der Waals surface area (Å²) in [5, 5.41) is 14.5. The van der Waals surface area contributed by atoms with Gasteiger partial charge in [-0.1, -0.05) is 18.2 Å². The number of benzene rings is 1. The lowest BCUT2D eigenvalue weighted by Crippen LogP contribution is -2.59. The number of carbonyl (C=O) groups excluding carboxylic acids is 2. The first-order chi connectivity index (χ1) is 20.5. The Labute approximate surface area is 258 Å². The van der Waals surface area contributed by atoms with E-state index in [0.717, 1.165) is 64.8 Å². The molecule has 3 fully saturated rings. The Morgan fingerprint density at radius 3 is 2.49 bits per heavy atom. The van der Waals surface area contributed by atoms with Crippen LogP contribution in [0.25, 0.3) is 22.0 Å². The lowest BCUT2D eigenvalue weighted by atomic mass is 9.81. The van der Waals surface area contributed by atoms with Crippen molar-refractivity contribution >= 4 is 40.1 Å². The molecule has 3 saturated heterocycles. The molecule has 1 atom stereocenters. The molecule has 0 spiro atoms. The zero-order chi connectivity index (χ0) is 30.6. The smallest absolute Gasteiger partial charge is 0.245 e. The molecule has 6 rings (SSSR count). The Balaban J connectivity index is 1.39. The van der Waals surface area contributed by atoms with Crippen LogP contribution in [0.5, 0.6) is 0 Å². The molecule has 3 aliphatic rings. The predicted molar refractivity (Wildman–Crippen MR) is 168 cm³/mol. The second kappa shape index (κ2) is 11.3. The van der Waals surface area contributed by atoms with Crippen molar-refractivity contribution in [3.8, 4) is 11.1 Å². The van der Waals surface area contributed by atoms with E-state index in [2.05, 4.69) is 47.1 Å². The summed E-state index contributed by atoms with van der Waals surface area (Å²) in [6.07, 6.45) is 6.48. The largest absolute Gasteiger partial charge is 0.378 e. The Bertz CT molecular complexity index is 1560. The van der Waals surface area contributed by atoms with Gasteiger partial charge in [0, 0.05) is 73.5 Å². The van der Waals surface area contributed by atoms with Gasteiger partial charge < -0.3 is 19.4 Å². The Morgan fingerprint density at radius 1 is 1.12 bits per heavy atom. The van der Waals surface area contributed by atoms with E-state index in [1.807, 2.05) is 29.0 Å². The van der Waals surface area contributed by atoms with Gasteiger partial charge in [0.25, 0.3) is 0 Å². The maximum Gasteiger partial charge on any atom is 0.245 e. The van der Waals surface area contributed by atoms with Crippen LogP contribution in [-0.4, -0.2) is 93.1 Å². The van der Waals surface area contributed by atoms with Gasteiger partial charge in [0.05, 0.1) is 28.9 Å². The van der Waals surface area contributed by atoms with E-state index in [9.17, 15) is 9.59 Å². The number of amides is 2. The Hall–Kier alpha value is -3.37. The maximum absolute atomic E-state index is 13.4. The van der Waals surface area contributed by atoms with Crippen molar-refractivity contribution in [1.82, 2.24) is 29.8 Å². The number of nitrogens with zero attached hydrogens (tertiary/aromatic N) is 6. The lowest BCUT2D eigenvalue weighted by Gasteiger charge is -2.48. The van der Waals surface area contributed by atoms with Crippen molar-refractivity contribution in [2.75, 3.05) is 44.7 Å². The fourth-order valence-corrected chi connectivity index (χ4v) is 7.53. The summed E-state index contributed by atoms with van der Waals surface area (Å²) in [5.41, 5.74) is 4.56. The van der Waals surface area contributed by atoms with E-state index in [0.29, 0.717) is 37.7 Å². The van der Waals surface area contributed by atoms with Crippen molar-refractivity contribution in [2.45, 2.75) is 71.1 Å². The summed E-state index contributed by atoms with van der Waals surface area (Å²) < 4.78 is 7.56. The van der Waals surface area contributed by atoms with E-state index >= 15 is 0 Å². The molecule has 0 bridgehead atoms. The summed E-state index contributed by atoms with van der Waals surface area (Å²) in [6.45, 7) is 15.6. The van der Waals surface area contributed by atoms with Crippen LogP contribution < -0.4 is 4.90 Å². The number of aromatic amines is 1. The number of H-pyrrole nitrogens is 1. The van der Waals surface area contributed by atoms with Gasteiger partial charge in [0.15, 0.2) is 5.82 Å². The van der Waals surface area contributed by atoms with E-state index in [1.54, 1.807) is 7.11 Å². The molecular weight excluding hydrogens is 566 g/mol. The SMILES string of the molecule is C=CC(=O)N1CCC(n2nc(N3CCC(C(=O)N4CC(OC)C4)CC3(C)C)c(-c3c(Cl)c(C)cc4[nH]ncc34)c2C)CC1. The minimum Gasteiger partial charge on any atom is -0.378 e. The third kappa shape index (κ3) is 5.12. The highest BCUT2D eigenvalue weighted by Crippen LogP contribution is 2.47. The molecule has 0 radical (unpaired) electrons. The number of hydrogen-bond donors (Lipinski definition) is 1. The van der Waals surface area contributed by atoms with E-state index < -0.39 is 0 Å². The highest BCUT2D eigenvalue weighted by atomic mass is 35.5. The highest BCUT2D eigenvalue weighted by Gasteiger charge is 2.44. The molecule has 11 heteroatoms. The average Bonchev–Trinajstić information content (AvgIpc) is 3.56. The second-order valence-corrected chi connectivity index (χ2v) is 13.3. The fourth-order valence-electron chi connectivity index (χ4n) is 7.28. The lowest BCUT2D eigenvalue weighted by molar-refractivity contribution is -0.148. The number of piperidine rings is 2. The highest BCUT2D eigenvalue weighted by molar-refractivity contribution is 6.36. The first kappa shape index (κ1) is 29.7. The van der Waals surface area contributed by atoms with Crippen LogP contribution in [0.2, 0.25) is 5.02 Å². The van der Waals surface area contributed by atoms with Crippen LogP contribution >= 0.6 is 11.6 Å². The van der Waals surface area contributed by atoms with Crippen LogP contribution in [0.3, 0.4) is 0 Å². The van der Waals surface area contributed by atoms with E-state index in [-0.39, 0.29) is 35.4 Å². The van der Waals surface area contributed by atoms with Crippen LogP contribution in [0, 0.1) is 19.8 Å². The predicted octanol–water partition coefficient (Wildman–Crippen LogP) is 4.90. The number of rotatable bonds is 6. The minimum absolute atomic E-state index is 0.0268. The van der Waals surface area contributed by atoms with Gasteiger partial charge in [0.1, 0.15) is 0 Å². The molecule has 43 heavy (non-hydrogen) atoms. The second-order valence-electron chi connectivity index (χ2n) is 13.0. The molecule has 1 N–H and O–H groups in total. The summed E-state index contributed by atoms with van der Waals surface area (Å²) in [7, 11) is 1.70. The number of nitrogens with one attached hydrogen (secondary N) is 1. The van der Waals surface area contributed by atoms with Crippen LogP contribution in [0.1, 0.15) is 56.8 Å². The summed E-state index contributed by atoms with van der Waals surface area (Å²) >= 11 is 7.12. The number of carbonyl (C=O) groups is 2. The number of anilines is 1. The number of aryl methyl sites for hydroxylation is 1. The average molecular weight is 608 g/mol. The minimum atomic E-state index is -0.323. The number of aromatic nitrogens is 4. The molecule has 0 aliphatic carbocycles. The van der Waals surface area contributed by atoms with Gasteiger partial charge in [-0.3, -0.25) is 19.4 Å². The number of methoxy groups -OCH3 is 1.